The van der Waals surface area contributed by atoms with E-state index < -0.39 is 10.2 Å². The molecule has 1 saturated carbocycles. The zero-order valence-electron chi connectivity index (χ0n) is 13.8. The first-order chi connectivity index (χ1) is 10.4. The fourth-order valence-corrected chi connectivity index (χ4v) is 4.53. The van der Waals surface area contributed by atoms with Crippen LogP contribution >= 0.6 is 0 Å². The van der Waals surface area contributed by atoms with Crippen LogP contribution in [0.15, 0.2) is 0 Å². The number of amides is 1. The lowest BCUT2D eigenvalue weighted by Gasteiger charge is -2.33. The van der Waals surface area contributed by atoms with Crippen LogP contribution in [0.3, 0.4) is 0 Å². The summed E-state index contributed by atoms with van der Waals surface area (Å²) in [4.78, 5) is 12.5. The van der Waals surface area contributed by atoms with Crippen molar-refractivity contribution in [3.05, 3.63) is 0 Å². The largest absolute Gasteiger partial charge is 0.353 e. The van der Waals surface area contributed by atoms with E-state index in [-0.39, 0.29) is 17.9 Å². The number of hydrogen-bond acceptors (Lipinski definition) is 3. The molecule has 0 spiro atoms. The molecule has 1 heterocycles. The highest BCUT2D eigenvalue weighted by Crippen LogP contribution is 2.22. The van der Waals surface area contributed by atoms with Gasteiger partial charge in [0, 0.05) is 33.2 Å². The molecule has 2 aliphatic rings. The van der Waals surface area contributed by atoms with E-state index in [4.69, 9.17) is 0 Å². The van der Waals surface area contributed by atoms with Gasteiger partial charge in [-0.15, -0.1) is 0 Å². The van der Waals surface area contributed by atoms with Gasteiger partial charge in [-0.2, -0.15) is 17.0 Å². The Morgan fingerprint density at radius 2 is 1.68 bits per heavy atom. The maximum absolute atomic E-state index is 12.5. The lowest BCUT2D eigenvalue weighted by atomic mass is 9.97. The Bertz CT molecular complexity index is 470. The van der Waals surface area contributed by atoms with E-state index in [0.29, 0.717) is 13.1 Å². The topological polar surface area (TPSA) is 69.7 Å². The summed E-state index contributed by atoms with van der Waals surface area (Å²) < 4.78 is 27.1. The van der Waals surface area contributed by atoms with Crippen molar-refractivity contribution in [2.24, 2.45) is 5.92 Å². The van der Waals surface area contributed by atoms with E-state index in [1.165, 1.54) is 48.4 Å². The average Bonchev–Trinajstić information content (AvgIpc) is 2.76. The van der Waals surface area contributed by atoms with Gasteiger partial charge in [-0.3, -0.25) is 4.79 Å². The number of nitrogens with zero attached hydrogens (tertiary/aromatic N) is 2. The van der Waals surface area contributed by atoms with Crippen LogP contribution in [-0.2, 0) is 15.0 Å². The van der Waals surface area contributed by atoms with Crippen LogP contribution < -0.4 is 5.32 Å². The summed E-state index contributed by atoms with van der Waals surface area (Å²) in [5.41, 5.74) is 0. The summed E-state index contributed by atoms with van der Waals surface area (Å²) in [5, 5.41) is 3.16. The molecule has 22 heavy (non-hydrogen) atoms. The predicted molar refractivity (Wildman–Crippen MR) is 86.5 cm³/mol. The molecule has 2 fully saturated rings. The predicted octanol–water partition coefficient (Wildman–Crippen LogP) is 1.34. The van der Waals surface area contributed by atoms with E-state index in [1.807, 2.05) is 0 Å². The summed E-state index contributed by atoms with van der Waals surface area (Å²) >= 11 is 0. The third-order valence-electron chi connectivity index (χ3n) is 4.74. The molecule has 2 rings (SSSR count). The molecular formula is C15H29N3O3S. The maximum atomic E-state index is 12.5. The van der Waals surface area contributed by atoms with Gasteiger partial charge in [-0.25, -0.2) is 0 Å². The molecule has 0 radical (unpaired) electrons. The quantitative estimate of drug-likeness (QED) is 0.791. The molecule has 1 atom stereocenters. The Balaban J connectivity index is 1.92. The summed E-state index contributed by atoms with van der Waals surface area (Å²) in [5.74, 6) is -0.183. The van der Waals surface area contributed by atoms with Crippen LogP contribution in [0.25, 0.3) is 0 Å². The summed E-state index contributed by atoms with van der Waals surface area (Å²) in [7, 11) is -0.354. The Morgan fingerprint density at radius 3 is 2.27 bits per heavy atom. The third-order valence-corrected chi connectivity index (χ3v) is 6.65. The minimum Gasteiger partial charge on any atom is -0.353 e. The molecule has 0 aromatic carbocycles. The van der Waals surface area contributed by atoms with Crippen molar-refractivity contribution >= 4 is 16.1 Å². The summed E-state index contributed by atoms with van der Waals surface area (Å²) in [6.07, 6.45) is 8.49. The maximum Gasteiger partial charge on any atom is 0.281 e. The standard InChI is InChI=1S/C15H29N3O3S/c1-17(2)22(20,21)18-11-7-8-13(12-18)15(19)16-14-9-5-3-4-6-10-14/h13-14H,3-12H2,1-2H3,(H,16,19)/t13-/m1/s1. The van der Waals surface area contributed by atoms with E-state index in [0.717, 1.165) is 25.7 Å². The molecule has 1 aliphatic heterocycles. The zero-order chi connectivity index (χ0) is 16.2. The van der Waals surface area contributed by atoms with Crippen molar-refractivity contribution in [1.82, 2.24) is 13.9 Å². The number of hydrogen-bond donors (Lipinski definition) is 1. The number of piperidine rings is 1. The van der Waals surface area contributed by atoms with Crippen molar-refractivity contribution in [3.63, 3.8) is 0 Å². The Hall–Kier alpha value is -0.660. The molecule has 1 aliphatic carbocycles. The van der Waals surface area contributed by atoms with Gasteiger partial charge < -0.3 is 5.32 Å². The van der Waals surface area contributed by atoms with Gasteiger partial charge in [0.2, 0.25) is 5.91 Å². The smallest absolute Gasteiger partial charge is 0.281 e. The van der Waals surface area contributed by atoms with Crippen LogP contribution in [0.5, 0.6) is 0 Å². The van der Waals surface area contributed by atoms with E-state index in [1.54, 1.807) is 0 Å². The minimum atomic E-state index is -3.42. The fraction of sp³-hybridized carbons (Fsp3) is 0.933. The first-order valence-electron chi connectivity index (χ1n) is 8.39. The van der Waals surface area contributed by atoms with Crippen LogP contribution in [0.4, 0.5) is 0 Å². The zero-order valence-corrected chi connectivity index (χ0v) is 14.6. The molecule has 6 nitrogen and oxygen atoms in total. The van der Waals surface area contributed by atoms with Crippen molar-refractivity contribution in [2.75, 3.05) is 27.2 Å². The second kappa shape index (κ2) is 7.75. The lowest BCUT2D eigenvalue weighted by Crippen LogP contribution is -2.50. The van der Waals surface area contributed by atoms with Gasteiger partial charge in [0.15, 0.2) is 0 Å². The molecule has 1 N–H and O–H groups in total. The monoisotopic (exact) mass is 331 g/mol. The lowest BCUT2D eigenvalue weighted by molar-refractivity contribution is -0.126. The van der Waals surface area contributed by atoms with E-state index in [2.05, 4.69) is 5.32 Å². The van der Waals surface area contributed by atoms with Crippen LogP contribution in [-0.4, -0.2) is 56.2 Å². The van der Waals surface area contributed by atoms with E-state index >= 15 is 0 Å². The molecule has 0 aromatic heterocycles. The van der Waals surface area contributed by atoms with Crippen molar-refractivity contribution in [1.29, 1.82) is 0 Å². The fourth-order valence-electron chi connectivity index (χ4n) is 3.34. The molecule has 7 heteroatoms. The number of carbonyl (C=O) groups is 1. The van der Waals surface area contributed by atoms with Crippen LogP contribution in [0, 0.1) is 5.92 Å². The summed E-state index contributed by atoms with van der Waals surface area (Å²) in [6.45, 7) is 0.812. The number of nitrogens with one attached hydrogen (secondary N) is 1. The van der Waals surface area contributed by atoms with Crippen LogP contribution in [0.1, 0.15) is 51.4 Å². The molecule has 0 bridgehead atoms. The highest BCUT2D eigenvalue weighted by molar-refractivity contribution is 7.86. The molecule has 128 valence electrons. The van der Waals surface area contributed by atoms with Gasteiger partial charge in [0.1, 0.15) is 0 Å². The second-order valence-electron chi connectivity index (χ2n) is 6.68. The van der Waals surface area contributed by atoms with Gasteiger partial charge in [-0.05, 0) is 25.7 Å². The SMILES string of the molecule is CN(C)S(=O)(=O)N1CCC[C@@H](C(=O)NC2CCCCCC2)C1. The first kappa shape index (κ1) is 17.7. The number of carbonyl (C=O) groups excluding carboxylic acids is 1. The summed E-state index contributed by atoms with van der Waals surface area (Å²) in [6, 6.07) is 0.274. The Kier molecular flexibility index (Phi) is 6.23. The highest BCUT2D eigenvalue weighted by atomic mass is 32.2. The van der Waals surface area contributed by atoms with Crippen molar-refractivity contribution in [2.45, 2.75) is 57.4 Å². The van der Waals surface area contributed by atoms with Crippen LogP contribution in [0.2, 0.25) is 0 Å². The van der Waals surface area contributed by atoms with Gasteiger partial charge in [0.05, 0.1) is 5.92 Å². The Morgan fingerprint density at radius 1 is 1.05 bits per heavy atom. The normalized spacial score (nSPS) is 25.9. The van der Waals surface area contributed by atoms with Crippen molar-refractivity contribution < 1.29 is 13.2 Å². The Labute approximate surface area is 134 Å². The molecular weight excluding hydrogens is 302 g/mol. The highest BCUT2D eigenvalue weighted by Gasteiger charge is 2.34. The molecule has 0 aromatic rings. The molecule has 1 amide bonds. The van der Waals surface area contributed by atoms with Gasteiger partial charge >= 0.3 is 0 Å². The molecule has 0 unspecified atom stereocenters. The third kappa shape index (κ3) is 4.43. The van der Waals surface area contributed by atoms with E-state index in [9.17, 15) is 13.2 Å². The van der Waals surface area contributed by atoms with Crippen molar-refractivity contribution in [3.8, 4) is 0 Å². The van der Waals surface area contributed by atoms with Gasteiger partial charge in [0.25, 0.3) is 10.2 Å². The average molecular weight is 331 g/mol. The molecule has 1 saturated heterocycles. The minimum absolute atomic E-state index is 0.0329. The number of rotatable bonds is 4. The van der Waals surface area contributed by atoms with Gasteiger partial charge in [-0.1, -0.05) is 25.7 Å². The first-order valence-corrected chi connectivity index (χ1v) is 9.79. The second-order valence-corrected chi connectivity index (χ2v) is 8.83.